The summed E-state index contributed by atoms with van der Waals surface area (Å²) in [6.45, 7) is 5.85. The summed E-state index contributed by atoms with van der Waals surface area (Å²) in [5, 5.41) is 24.9. The lowest BCUT2D eigenvalue weighted by atomic mass is 9.59. The van der Waals surface area contributed by atoms with Gasteiger partial charge in [0.05, 0.1) is 12.2 Å². The normalized spacial score (nSPS) is 41.2. The van der Waals surface area contributed by atoms with E-state index in [0.717, 1.165) is 38.1 Å². The third kappa shape index (κ3) is 5.54. The Morgan fingerprint density at radius 1 is 0.906 bits per heavy atom. The van der Waals surface area contributed by atoms with Gasteiger partial charge >= 0.3 is 0 Å². The Kier molecular flexibility index (Phi) is 8.59. The topological polar surface area (TPSA) is 59.0 Å². The summed E-state index contributed by atoms with van der Waals surface area (Å²) >= 11 is 0. The van der Waals surface area contributed by atoms with E-state index in [9.17, 15) is 10.2 Å². The van der Waals surface area contributed by atoms with Gasteiger partial charge in [0.2, 0.25) is 0 Å². The minimum atomic E-state index is -0.539. The van der Waals surface area contributed by atoms with Gasteiger partial charge in [-0.15, -0.1) is 0 Å². The number of aliphatic hydroxyl groups is 2. The molecule has 0 aromatic carbocycles. The number of aliphatic hydroxyl groups excluding tert-OH is 2. The van der Waals surface area contributed by atoms with E-state index < -0.39 is 12.2 Å². The average Bonchev–Trinajstić information content (AvgIpc) is 2.80. The molecule has 3 N–H and O–H groups in total. The standard InChI is InChI=1S/C27H51N3O2/c1-20-18-21(2)30(23-12-8-5-9-13-23)26(28-20)29(3)17-16-27(22-10-6-4-7-11-22)15-14-24(31)25(32)19-27/h20-26,28,31-32H,4-19H2,1-3H3. The van der Waals surface area contributed by atoms with E-state index in [0.29, 0.717) is 24.4 Å². The molecule has 0 spiro atoms. The Bertz CT molecular complexity index is 577. The van der Waals surface area contributed by atoms with Crippen molar-refractivity contribution < 1.29 is 10.2 Å². The molecule has 186 valence electrons. The second kappa shape index (κ2) is 11.0. The van der Waals surface area contributed by atoms with Crippen LogP contribution in [0.2, 0.25) is 0 Å². The zero-order valence-electron chi connectivity index (χ0n) is 21.1. The summed E-state index contributed by atoms with van der Waals surface area (Å²) in [7, 11) is 2.32. The maximum absolute atomic E-state index is 10.7. The maximum atomic E-state index is 10.7. The lowest BCUT2D eigenvalue weighted by molar-refractivity contribution is -0.0962. The van der Waals surface area contributed by atoms with Gasteiger partial charge in [-0.05, 0) is 90.0 Å². The summed E-state index contributed by atoms with van der Waals surface area (Å²) in [5.41, 5.74) is 0.203. The third-order valence-electron chi connectivity index (χ3n) is 9.76. The molecule has 3 aliphatic carbocycles. The average molecular weight is 450 g/mol. The van der Waals surface area contributed by atoms with Crippen molar-refractivity contribution in [3.05, 3.63) is 0 Å². The van der Waals surface area contributed by atoms with Crippen LogP contribution < -0.4 is 5.32 Å². The van der Waals surface area contributed by atoms with Crippen molar-refractivity contribution in [1.29, 1.82) is 0 Å². The van der Waals surface area contributed by atoms with E-state index in [2.05, 4.69) is 36.0 Å². The van der Waals surface area contributed by atoms with Crippen LogP contribution in [0.1, 0.15) is 110 Å². The van der Waals surface area contributed by atoms with E-state index in [1.165, 1.54) is 70.6 Å². The number of hydrogen-bond donors (Lipinski definition) is 3. The van der Waals surface area contributed by atoms with Gasteiger partial charge in [-0.2, -0.15) is 0 Å². The summed E-state index contributed by atoms with van der Waals surface area (Å²) < 4.78 is 0. The van der Waals surface area contributed by atoms with Gasteiger partial charge in [0, 0.05) is 24.7 Å². The Morgan fingerprint density at radius 3 is 2.22 bits per heavy atom. The molecule has 0 bridgehead atoms. The van der Waals surface area contributed by atoms with Crippen LogP contribution in [-0.4, -0.2) is 70.2 Å². The SMILES string of the molecule is CC1CC(C)N(C2CCCCC2)C(N(C)CCC2(C3CCCCC3)CCC(O)C(O)C2)N1. The van der Waals surface area contributed by atoms with Crippen LogP contribution in [-0.2, 0) is 0 Å². The second-order valence-corrected chi connectivity index (χ2v) is 12.1. The van der Waals surface area contributed by atoms with E-state index in [-0.39, 0.29) is 5.41 Å². The van der Waals surface area contributed by atoms with E-state index in [1.54, 1.807) is 0 Å². The predicted molar refractivity (Wildman–Crippen MR) is 131 cm³/mol. The Morgan fingerprint density at radius 2 is 1.56 bits per heavy atom. The molecule has 4 rings (SSSR count). The van der Waals surface area contributed by atoms with E-state index in [4.69, 9.17) is 0 Å². The van der Waals surface area contributed by atoms with Gasteiger partial charge in [0.25, 0.3) is 0 Å². The molecule has 3 saturated carbocycles. The van der Waals surface area contributed by atoms with Gasteiger partial charge in [-0.1, -0.05) is 38.5 Å². The predicted octanol–water partition coefficient (Wildman–Crippen LogP) is 4.47. The quantitative estimate of drug-likeness (QED) is 0.559. The molecule has 5 heteroatoms. The monoisotopic (exact) mass is 449 g/mol. The maximum Gasteiger partial charge on any atom is 0.117 e. The summed E-state index contributed by atoms with van der Waals surface area (Å²) in [4.78, 5) is 5.40. The van der Waals surface area contributed by atoms with E-state index >= 15 is 0 Å². The minimum absolute atomic E-state index is 0.203. The molecular weight excluding hydrogens is 398 g/mol. The van der Waals surface area contributed by atoms with E-state index in [1.807, 2.05) is 0 Å². The molecule has 4 aliphatic rings. The molecule has 1 aliphatic heterocycles. The van der Waals surface area contributed by atoms with Crippen molar-refractivity contribution in [3.8, 4) is 0 Å². The van der Waals surface area contributed by atoms with Crippen molar-refractivity contribution in [2.75, 3.05) is 13.6 Å². The Labute approximate surface area is 197 Å². The molecule has 4 fully saturated rings. The highest BCUT2D eigenvalue weighted by Crippen LogP contribution is 2.50. The van der Waals surface area contributed by atoms with Crippen LogP contribution in [0.15, 0.2) is 0 Å². The van der Waals surface area contributed by atoms with Crippen LogP contribution in [0.4, 0.5) is 0 Å². The lowest BCUT2D eigenvalue weighted by Gasteiger charge is -2.53. The van der Waals surface area contributed by atoms with Crippen LogP contribution >= 0.6 is 0 Å². The smallest absolute Gasteiger partial charge is 0.117 e. The lowest BCUT2D eigenvalue weighted by Crippen LogP contribution is -2.67. The van der Waals surface area contributed by atoms with Crippen molar-refractivity contribution in [2.24, 2.45) is 11.3 Å². The fraction of sp³-hybridized carbons (Fsp3) is 1.00. The molecular formula is C27H51N3O2. The third-order valence-corrected chi connectivity index (χ3v) is 9.76. The molecule has 0 aromatic heterocycles. The summed E-state index contributed by atoms with van der Waals surface area (Å²) in [6.07, 6.45) is 17.8. The molecule has 1 saturated heterocycles. The first-order valence-electron chi connectivity index (χ1n) is 14.0. The molecule has 0 amide bonds. The largest absolute Gasteiger partial charge is 0.390 e. The van der Waals surface area contributed by atoms with Crippen LogP contribution in [0, 0.1) is 11.3 Å². The highest BCUT2D eigenvalue weighted by Gasteiger charge is 2.46. The minimum Gasteiger partial charge on any atom is -0.390 e. The summed E-state index contributed by atoms with van der Waals surface area (Å²) in [5.74, 6) is 0.721. The fourth-order valence-electron chi connectivity index (χ4n) is 7.90. The first-order chi connectivity index (χ1) is 15.4. The molecule has 6 unspecified atom stereocenters. The fourth-order valence-corrected chi connectivity index (χ4v) is 7.90. The highest BCUT2D eigenvalue weighted by atomic mass is 16.3. The molecule has 32 heavy (non-hydrogen) atoms. The van der Waals surface area contributed by atoms with Crippen molar-refractivity contribution in [1.82, 2.24) is 15.1 Å². The van der Waals surface area contributed by atoms with Crippen LogP contribution in [0.5, 0.6) is 0 Å². The van der Waals surface area contributed by atoms with Gasteiger partial charge in [-0.25, -0.2) is 0 Å². The molecule has 0 radical (unpaired) electrons. The van der Waals surface area contributed by atoms with Crippen molar-refractivity contribution in [3.63, 3.8) is 0 Å². The van der Waals surface area contributed by atoms with Crippen molar-refractivity contribution >= 4 is 0 Å². The molecule has 1 heterocycles. The van der Waals surface area contributed by atoms with Crippen molar-refractivity contribution in [2.45, 2.75) is 147 Å². The highest BCUT2D eigenvalue weighted by molar-refractivity contribution is 4.97. The van der Waals surface area contributed by atoms with Gasteiger partial charge in [0.1, 0.15) is 6.29 Å². The summed E-state index contributed by atoms with van der Waals surface area (Å²) in [6, 6.07) is 1.89. The number of rotatable bonds is 6. The molecule has 5 nitrogen and oxygen atoms in total. The van der Waals surface area contributed by atoms with Gasteiger partial charge in [-0.3, -0.25) is 15.1 Å². The number of hydrogen-bond acceptors (Lipinski definition) is 5. The Balaban J connectivity index is 1.46. The first-order valence-corrected chi connectivity index (χ1v) is 14.0. The Hall–Kier alpha value is -0.200. The van der Waals surface area contributed by atoms with Crippen LogP contribution in [0.25, 0.3) is 0 Å². The zero-order chi connectivity index (χ0) is 22.7. The molecule has 0 aromatic rings. The van der Waals surface area contributed by atoms with Gasteiger partial charge < -0.3 is 10.2 Å². The number of nitrogens with one attached hydrogen (secondary N) is 1. The molecule has 6 atom stereocenters. The van der Waals surface area contributed by atoms with Gasteiger partial charge in [0.15, 0.2) is 0 Å². The zero-order valence-corrected chi connectivity index (χ0v) is 21.1. The number of nitrogens with zero attached hydrogens (tertiary/aromatic N) is 2. The second-order valence-electron chi connectivity index (χ2n) is 12.1. The van der Waals surface area contributed by atoms with Crippen LogP contribution in [0.3, 0.4) is 0 Å². The first kappa shape index (κ1) is 24.9.